The maximum Gasteiger partial charge on any atom is 0.337 e. The lowest BCUT2D eigenvalue weighted by molar-refractivity contribution is 0.0600. The number of esters is 1. The van der Waals surface area contributed by atoms with E-state index in [0.29, 0.717) is 18.8 Å². The Bertz CT molecular complexity index is 1030. The molecule has 0 N–H and O–H groups in total. The van der Waals surface area contributed by atoms with Crippen molar-refractivity contribution in [3.63, 3.8) is 0 Å². The second kappa shape index (κ2) is 10.3. The molecule has 1 aromatic heterocycles. The Morgan fingerprint density at radius 2 is 1.77 bits per heavy atom. The molecule has 166 valence electrons. The van der Waals surface area contributed by atoms with Crippen molar-refractivity contribution in [2.24, 2.45) is 0 Å². The van der Waals surface area contributed by atoms with Crippen molar-refractivity contribution in [1.82, 2.24) is 5.16 Å². The highest BCUT2D eigenvalue weighted by Gasteiger charge is 2.16. The van der Waals surface area contributed by atoms with Gasteiger partial charge < -0.3 is 18.7 Å². The second-order valence-electron chi connectivity index (χ2n) is 7.63. The molecule has 0 bridgehead atoms. The first kappa shape index (κ1) is 22.7. The van der Waals surface area contributed by atoms with Gasteiger partial charge in [0, 0.05) is 17.4 Å². The highest BCUT2D eigenvalue weighted by atomic mass is 16.5. The number of carbonyl (C=O) groups is 1. The number of hydrogen-bond donors (Lipinski definition) is 0. The summed E-state index contributed by atoms with van der Waals surface area (Å²) in [6.07, 6.45) is 3.46. The third-order valence-corrected chi connectivity index (χ3v) is 5.28. The summed E-state index contributed by atoms with van der Waals surface area (Å²) in [4.78, 5) is 11.7. The highest BCUT2D eigenvalue weighted by Crippen LogP contribution is 2.31. The second-order valence-corrected chi connectivity index (χ2v) is 7.63. The molecular formula is C25H31NO5. The number of aromatic nitrogens is 1. The van der Waals surface area contributed by atoms with Crippen molar-refractivity contribution in [2.75, 3.05) is 20.3 Å². The molecule has 0 unspecified atom stereocenters. The van der Waals surface area contributed by atoms with Gasteiger partial charge in [0.05, 0.1) is 31.6 Å². The topological polar surface area (TPSA) is 70.8 Å². The number of ether oxygens (including phenoxy) is 3. The molecule has 0 saturated carbocycles. The van der Waals surface area contributed by atoms with Crippen molar-refractivity contribution in [1.29, 1.82) is 0 Å². The van der Waals surface area contributed by atoms with Gasteiger partial charge in [-0.25, -0.2) is 4.79 Å². The number of methoxy groups -OCH3 is 1. The van der Waals surface area contributed by atoms with Crippen LogP contribution in [0, 0.1) is 13.8 Å². The Balaban J connectivity index is 1.61. The van der Waals surface area contributed by atoms with Gasteiger partial charge in [-0.15, -0.1) is 0 Å². The van der Waals surface area contributed by atoms with Crippen LogP contribution in [-0.2, 0) is 17.6 Å². The van der Waals surface area contributed by atoms with Gasteiger partial charge in [-0.3, -0.25) is 0 Å². The smallest absolute Gasteiger partial charge is 0.337 e. The Hall–Kier alpha value is -3.02. The summed E-state index contributed by atoms with van der Waals surface area (Å²) in [7, 11) is 1.38. The molecule has 3 aromatic rings. The van der Waals surface area contributed by atoms with E-state index in [-0.39, 0.29) is 5.97 Å². The molecule has 0 fully saturated rings. The average Bonchev–Trinajstić information content (AvgIpc) is 3.19. The van der Waals surface area contributed by atoms with Gasteiger partial charge in [0.2, 0.25) is 0 Å². The van der Waals surface area contributed by atoms with Crippen LogP contribution in [0.3, 0.4) is 0 Å². The van der Waals surface area contributed by atoms with E-state index in [1.54, 1.807) is 12.1 Å². The lowest BCUT2D eigenvalue weighted by Crippen LogP contribution is -2.08. The third-order valence-electron chi connectivity index (χ3n) is 5.28. The van der Waals surface area contributed by atoms with Gasteiger partial charge in [-0.2, -0.15) is 0 Å². The van der Waals surface area contributed by atoms with Crippen LogP contribution in [0.25, 0.3) is 11.0 Å². The van der Waals surface area contributed by atoms with Gasteiger partial charge in [0.15, 0.2) is 5.58 Å². The molecule has 6 nitrogen and oxygen atoms in total. The van der Waals surface area contributed by atoms with Crippen LogP contribution in [0.4, 0.5) is 0 Å². The molecule has 0 saturated heterocycles. The molecule has 31 heavy (non-hydrogen) atoms. The van der Waals surface area contributed by atoms with Crippen LogP contribution in [0.2, 0.25) is 0 Å². The van der Waals surface area contributed by atoms with Crippen molar-refractivity contribution < 1.29 is 23.5 Å². The minimum atomic E-state index is -0.344. The molecule has 1 heterocycles. The van der Waals surface area contributed by atoms with E-state index in [1.807, 2.05) is 26.0 Å². The Kier molecular flexibility index (Phi) is 7.55. The molecule has 0 atom stereocenters. The molecule has 0 aliphatic carbocycles. The minimum Gasteiger partial charge on any atom is -0.493 e. The molecule has 0 radical (unpaired) electrons. The molecule has 0 amide bonds. The molecule has 0 aliphatic heterocycles. The lowest BCUT2D eigenvalue weighted by Gasteiger charge is -2.14. The van der Waals surface area contributed by atoms with Crippen LogP contribution < -0.4 is 9.47 Å². The molecule has 6 heteroatoms. The maximum atomic E-state index is 11.7. The van der Waals surface area contributed by atoms with Gasteiger partial charge in [0.25, 0.3) is 0 Å². The number of rotatable bonds is 10. The first-order valence-electron chi connectivity index (χ1n) is 10.8. The van der Waals surface area contributed by atoms with E-state index < -0.39 is 0 Å². The summed E-state index contributed by atoms with van der Waals surface area (Å²) in [5, 5.41) is 5.27. The fourth-order valence-electron chi connectivity index (χ4n) is 3.80. The van der Waals surface area contributed by atoms with E-state index >= 15 is 0 Å². The Labute approximate surface area is 183 Å². The maximum absolute atomic E-state index is 11.7. The summed E-state index contributed by atoms with van der Waals surface area (Å²) >= 11 is 0. The predicted octanol–water partition coefficient (Wildman–Crippen LogP) is 5.59. The van der Waals surface area contributed by atoms with Crippen LogP contribution >= 0.6 is 0 Å². The van der Waals surface area contributed by atoms with Gasteiger partial charge >= 0.3 is 5.97 Å². The van der Waals surface area contributed by atoms with Crippen LogP contribution in [0.15, 0.2) is 28.8 Å². The zero-order valence-corrected chi connectivity index (χ0v) is 19.0. The molecule has 0 aliphatic rings. The number of hydrogen-bond acceptors (Lipinski definition) is 6. The van der Waals surface area contributed by atoms with Gasteiger partial charge in [-0.1, -0.05) is 25.4 Å². The number of fused-ring (bicyclic) bond motifs is 1. The first-order chi connectivity index (χ1) is 15.0. The zero-order valence-electron chi connectivity index (χ0n) is 19.0. The monoisotopic (exact) mass is 425 g/mol. The van der Waals surface area contributed by atoms with Gasteiger partial charge in [-0.05, 0) is 62.1 Å². The zero-order chi connectivity index (χ0) is 22.4. The van der Waals surface area contributed by atoms with E-state index in [4.69, 9.17) is 18.7 Å². The van der Waals surface area contributed by atoms with Crippen molar-refractivity contribution in [3.05, 3.63) is 52.2 Å². The van der Waals surface area contributed by atoms with E-state index in [9.17, 15) is 4.79 Å². The predicted molar refractivity (Wildman–Crippen MR) is 120 cm³/mol. The molecule has 3 rings (SSSR count). The SMILES string of the molecule is CCCc1c(OCCCOc2c(C)cc(C(=O)OC)cc2C)ccc2c(CC)noc12. The molecule has 2 aromatic carbocycles. The van der Waals surface area contributed by atoms with E-state index in [1.165, 1.54) is 7.11 Å². The summed E-state index contributed by atoms with van der Waals surface area (Å²) in [5.41, 5.74) is 5.26. The lowest BCUT2D eigenvalue weighted by atomic mass is 10.0. The van der Waals surface area contributed by atoms with Crippen LogP contribution in [0.5, 0.6) is 11.5 Å². The van der Waals surface area contributed by atoms with E-state index in [2.05, 4.69) is 19.0 Å². The van der Waals surface area contributed by atoms with Crippen molar-refractivity contribution >= 4 is 16.9 Å². The minimum absolute atomic E-state index is 0.344. The Morgan fingerprint density at radius 1 is 1.06 bits per heavy atom. The van der Waals surface area contributed by atoms with Gasteiger partial charge in [0.1, 0.15) is 11.5 Å². The fraction of sp³-hybridized carbons (Fsp3) is 0.440. The van der Waals surface area contributed by atoms with E-state index in [0.717, 1.165) is 70.5 Å². The summed E-state index contributed by atoms with van der Waals surface area (Å²) in [6, 6.07) is 7.63. The Morgan fingerprint density at radius 3 is 2.42 bits per heavy atom. The number of carbonyl (C=O) groups excluding carboxylic acids is 1. The standard InChI is InChI=1S/C25H31NO5/c1-6-9-20-22(11-10-19-21(7-2)26-31-24(19)20)29-12-8-13-30-23-16(3)14-18(15-17(23)4)25(27)28-5/h10-11,14-15H,6-9,12-13H2,1-5H3. The number of nitrogens with zero attached hydrogens (tertiary/aromatic N) is 1. The van der Waals surface area contributed by atoms with Crippen LogP contribution in [0.1, 0.15) is 59.4 Å². The summed E-state index contributed by atoms with van der Waals surface area (Å²) < 4.78 is 22.5. The average molecular weight is 426 g/mol. The molecular weight excluding hydrogens is 394 g/mol. The number of benzene rings is 2. The molecule has 0 spiro atoms. The fourth-order valence-corrected chi connectivity index (χ4v) is 3.80. The quantitative estimate of drug-likeness (QED) is 0.311. The van der Waals surface area contributed by atoms with Crippen LogP contribution in [-0.4, -0.2) is 31.4 Å². The highest BCUT2D eigenvalue weighted by molar-refractivity contribution is 5.90. The normalized spacial score (nSPS) is 11.0. The largest absolute Gasteiger partial charge is 0.493 e. The summed E-state index contributed by atoms with van der Waals surface area (Å²) in [5.74, 6) is 1.31. The van der Waals surface area contributed by atoms with Crippen molar-refractivity contribution in [3.8, 4) is 11.5 Å². The summed E-state index contributed by atoms with van der Waals surface area (Å²) in [6.45, 7) is 9.14. The number of aryl methyl sites for hydroxylation is 4. The third kappa shape index (κ3) is 5.01. The first-order valence-corrected chi connectivity index (χ1v) is 10.8. The van der Waals surface area contributed by atoms with Crippen molar-refractivity contribution in [2.45, 2.75) is 53.4 Å².